The van der Waals surface area contributed by atoms with Crippen LogP contribution in [0.3, 0.4) is 0 Å². The molecule has 0 radical (unpaired) electrons. The molecule has 0 spiro atoms. The highest BCUT2D eigenvalue weighted by atomic mass is 79.9. The average molecular weight is 275 g/mol. The summed E-state index contributed by atoms with van der Waals surface area (Å²) in [4.78, 5) is 11.0. The zero-order valence-corrected chi connectivity index (χ0v) is 10.0. The van der Waals surface area contributed by atoms with Crippen molar-refractivity contribution in [3.05, 3.63) is 29.6 Å². The molecular formula is C11H12BrFO2. The number of carbonyl (C=O) groups is 1. The molecule has 0 aromatic heterocycles. The second-order valence-electron chi connectivity index (χ2n) is 3.09. The summed E-state index contributed by atoms with van der Waals surface area (Å²) in [5.41, 5.74) is 0.361. The molecule has 0 unspecified atom stereocenters. The molecule has 0 N–H and O–H groups in total. The quantitative estimate of drug-likeness (QED) is 0.468. The molecular weight excluding hydrogens is 263 g/mol. The standard InChI is InChI=1S/C11H12BrFO2/c1-8(14)9-3-4-11(10(13)7-9)15-6-2-5-12/h3-4,7H,2,5-6H2,1H3. The van der Waals surface area contributed by atoms with Gasteiger partial charge in [0.25, 0.3) is 0 Å². The molecule has 0 saturated heterocycles. The van der Waals surface area contributed by atoms with Crippen molar-refractivity contribution in [2.75, 3.05) is 11.9 Å². The number of carbonyl (C=O) groups excluding carboxylic acids is 1. The van der Waals surface area contributed by atoms with Crippen LogP contribution in [0.2, 0.25) is 0 Å². The van der Waals surface area contributed by atoms with Gasteiger partial charge < -0.3 is 4.74 Å². The first-order chi connectivity index (χ1) is 7.15. The Labute approximate surface area is 96.6 Å². The summed E-state index contributed by atoms with van der Waals surface area (Å²) in [5, 5.41) is 0.820. The van der Waals surface area contributed by atoms with Gasteiger partial charge in [-0.05, 0) is 31.5 Å². The number of ketones is 1. The van der Waals surface area contributed by atoms with Gasteiger partial charge in [0.2, 0.25) is 0 Å². The highest BCUT2D eigenvalue weighted by Crippen LogP contribution is 2.18. The summed E-state index contributed by atoms with van der Waals surface area (Å²) in [5.74, 6) is -0.445. The Morgan fingerprint density at radius 2 is 2.27 bits per heavy atom. The minimum atomic E-state index is -0.489. The maximum atomic E-state index is 13.3. The number of benzene rings is 1. The van der Waals surface area contributed by atoms with E-state index in [4.69, 9.17) is 4.74 Å². The Morgan fingerprint density at radius 1 is 1.53 bits per heavy atom. The first-order valence-electron chi connectivity index (χ1n) is 4.64. The lowest BCUT2D eigenvalue weighted by molar-refractivity contribution is 0.101. The number of halogens is 2. The van der Waals surface area contributed by atoms with E-state index < -0.39 is 5.82 Å². The van der Waals surface area contributed by atoms with Crippen LogP contribution in [0.15, 0.2) is 18.2 Å². The fourth-order valence-corrected chi connectivity index (χ4v) is 1.30. The molecule has 2 nitrogen and oxygen atoms in total. The highest BCUT2D eigenvalue weighted by molar-refractivity contribution is 9.09. The van der Waals surface area contributed by atoms with Crippen molar-refractivity contribution in [1.82, 2.24) is 0 Å². The highest BCUT2D eigenvalue weighted by Gasteiger charge is 2.06. The number of Topliss-reactive ketones (excluding diaryl/α,β-unsaturated/α-hetero) is 1. The summed E-state index contributed by atoms with van der Waals surface area (Å²) in [7, 11) is 0. The Bertz CT molecular complexity index is 352. The number of rotatable bonds is 5. The Kier molecular flexibility index (Phi) is 4.75. The molecule has 1 aromatic rings. The predicted molar refractivity (Wildman–Crippen MR) is 60.3 cm³/mol. The topological polar surface area (TPSA) is 26.3 Å². The lowest BCUT2D eigenvalue weighted by atomic mass is 10.1. The molecule has 1 aromatic carbocycles. The molecule has 0 fully saturated rings. The van der Waals surface area contributed by atoms with Gasteiger partial charge >= 0.3 is 0 Å². The van der Waals surface area contributed by atoms with Crippen LogP contribution < -0.4 is 4.74 Å². The van der Waals surface area contributed by atoms with E-state index in [2.05, 4.69) is 15.9 Å². The minimum Gasteiger partial charge on any atom is -0.490 e. The molecule has 4 heteroatoms. The summed E-state index contributed by atoms with van der Waals surface area (Å²) in [6, 6.07) is 4.25. The Hall–Kier alpha value is -0.900. The lowest BCUT2D eigenvalue weighted by Gasteiger charge is -2.06. The average Bonchev–Trinajstić information content (AvgIpc) is 2.20. The number of alkyl halides is 1. The van der Waals surface area contributed by atoms with E-state index in [1.807, 2.05) is 0 Å². The molecule has 0 saturated carbocycles. The smallest absolute Gasteiger partial charge is 0.165 e. The van der Waals surface area contributed by atoms with E-state index in [9.17, 15) is 9.18 Å². The fourth-order valence-electron chi connectivity index (χ4n) is 1.07. The largest absolute Gasteiger partial charge is 0.490 e. The van der Waals surface area contributed by atoms with Crippen LogP contribution in [0, 0.1) is 5.82 Å². The normalized spacial score (nSPS) is 10.1. The third-order valence-corrected chi connectivity index (χ3v) is 2.43. The third kappa shape index (κ3) is 3.63. The summed E-state index contributed by atoms with van der Waals surface area (Å²) >= 11 is 3.25. The first-order valence-corrected chi connectivity index (χ1v) is 5.76. The molecule has 0 aliphatic heterocycles. The maximum Gasteiger partial charge on any atom is 0.165 e. The van der Waals surface area contributed by atoms with Gasteiger partial charge in [-0.25, -0.2) is 4.39 Å². The molecule has 82 valence electrons. The molecule has 0 heterocycles. The molecule has 0 amide bonds. The Balaban J connectivity index is 2.70. The second-order valence-corrected chi connectivity index (χ2v) is 3.89. The van der Waals surface area contributed by atoms with E-state index >= 15 is 0 Å². The van der Waals surface area contributed by atoms with Crippen LogP contribution in [-0.4, -0.2) is 17.7 Å². The van der Waals surface area contributed by atoms with Crippen molar-refractivity contribution in [3.63, 3.8) is 0 Å². The molecule has 0 aliphatic carbocycles. The van der Waals surface area contributed by atoms with Gasteiger partial charge in [-0.3, -0.25) is 4.79 Å². The van der Waals surface area contributed by atoms with Gasteiger partial charge in [-0.1, -0.05) is 15.9 Å². The Morgan fingerprint density at radius 3 is 2.80 bits per heavy atom. The van der Waals surface area contributed by atoms with E-state index in [1.54, 1.807) is 6.07 Å². The van der Waals surface area contributed by atoms with Crippen LogP contribution in [0.5, 0.6) is 5.75 Å². The van der Waals surface area contributed by atoms with Crippen molar-refractivity contribution in [2.45, 2.75) is 13.3 Å². The van der Waals surface area contributed by atoms with Crippen LogP contribution in [0.1, 0.15) is 23.7 Å². The monoisotopic (exact) mass is 274 g/mol. The molecule has 1 rings (SSSR count). The third-order valence-electron chi connectivity index (χ3n) is 1.87. The van der Waals surface area contributed by atoms with Crippen LogP contribution >= 0.6 is 15.9 Å². The van der Waals surface area contributed by atoms with Crippen LogP contribution in [-0.2, 0) is 0 Å². The summed E-state index contributed by atoms with van der Waals surface area (Å²) < 4.78 is 18.5. The van der Waals surface area contributed by atoms with Gasteiger partial charge in [0.15, 0.2) is 17.3 Å². The van der Waals surface area contributed by atoms with E-state index in [0.29, 0.717) is 12.2 Å². The number of hydrogen-bond donors (Lipinski definition) is 0. The van der Waals surface area contributed by atoms with Gasteiger partial charge in [-0.2, -0.15) is 0 Å². The van der Waals surface area contributed by atoms with E-state index in [-0.39, 0.29) is 11.5 Å². The molecule has 15 heavy (non-hydrogen) atoms. The van der Waals surface area contributed by atoms with Crippen molar-refractivity contribution in [2.24, 2.45) is 0 Å². The van der Waals surface area contributed by atoms with Crippen molar-refractivity contribution >= 4 is 21.7 Å². The zero-order valence-electron chi connectivity index (χ0n) is 8.43. The first kappa shape index (κ1) is 12.2. The summed E-state index contributed by atoms with van der Waals surface area (Å²) in [6.07, 6.45) is 0.813. The number of ether oxygens (including phenoxy) is 1. The molecule has 0 bridgehead atoms. The van der Waals surface area contributed by atoms with Crippen molar-refractivity contribution in [1.29, 1.82) is 0 Å². The minimum absolute atomic E-state index is 0.152. The second kappa shape index (κ2) is 5.85. The zero-order chi connectivity index (χ0) is 11.3. The van der Waals surface area contributed by atoms with Gasteiger partial charge in [0.05, 0.1) is 6.61 Å². The molecule has 0 atom stereocenters. The van der Waals surface area contributed by atoms with Gasteiger partial charge in [0.1, 0.15) is 0 Å². The van der Waals surface area contributed by atoms with Gasteiger partial charge in [-0.15, -0.1) is 0 Å². The lowest BCUT2D eigenvalue weighted by Crippen LogP contribution is -2.01. The van der Waals surface area contributed by atoms with Crippen molar-refractivity contribution in [3.8, 4) is 5.75 Å². The SMILES string of the molecule is CC(=O)c1ccc(OCCCBr)c(F)c1. The number of hydrogen-bond acceptors (Lipinski definition) is 2. The maximum absolute atomic E-state index is 13.3. The van der Waals surface area contributed by atoms with E-state index in [1.165, 1.54) is 19.1 Å². The van der Waals surface area contributed by atoms with Crippen LogP contribution in [0.25, 0.3) is 0 Å². The van der Waals surface area contributed by atoms with Gasteiger partial charge in [0, 0.05) is 10.9 Å². The fraction of sp³-hybridized carbons (Fsp3) is 0.364. The predicted octanol–water partition coefficient (Wildman–Crippen LogP) is 3.19. The van der Waals surface area contributed by atoms with Crippen molar-refractivity contribution < 1.29 is 13.9 Å². The molecule has 0 aliphatic rings. The summed E-state index contributed by atoms with van der Waals surface area (Å²) in [6.45, 7) is 1.86. The van der Waals surface area contributed by atoms with E-state index in [0.717, 1.165) is 11.8 Å². The van der Waals surface area contributed by atoms with Crippen LogP contribution in [0.4, 0.5) is 4.39 Å².